The van der Waals surface area contributed by atoms with E-state index in [0.717, 1.165) is 30.7 Å². The van der Waals surface area contributed by atoms with Crippen LogP contribution in [0.3, 0.4) is 0 Å². The van der Waals surface area contributed by atoms with Crippen LogP contribution < -0.4 is 0 Å². The maximum Gasteiger partial charge on any atom is 0.308 e. The van der Waals surface area contributed by atoms with Gasteiger partial charge in [0.05, 0.1) is 13.0 Å². The van der Waals surface area contributed by atoms with E-state index in [1.54, 1.807) is 6.20 Å². The Kier molecular flexibility index (Phi) is 4.58. The molecule has 2 rings (SSSR count). The van der Waals surface area contributed by atoms with E-state index in [9.17, 15) is 9.90 Å². The van der Waals surface area contributed by atoms with Gasteiger partial charge in [0.1, 0.15) is 10.6 Å². The Hall–Kier alpha value is -0.940. The number of carbonyl (C=O) groups excluding carboxylic acids is 1. The van der Waals surface area contributed by atoms with E-state index in [4.69, 9.17) is 4.74 Å². The SMILES string of the molecule is CCC(O)(c1nccs1)C1CCC(C(=O)OC)CC1. The lowest BCUT2D eigenvalue weighted by Gasteiger charge is -2.38. The second-order valence-electron chi connectivity index (χ2n) is 5.19. The van der Waals surface area contributed by atoms with Gasteiger partial charge < -0.3 is 9.84 Å². The third-order valence-corrected chi connectivity index (χ3v) is 5.22. The lowest BCUT2D eigenvalue weighted by atomic mass is 9.72. The van der Waals surface area contributed by atoms with Gasteiger partial charge in [-0.25, -0.2) is 4.98 Å². The maximum absolute atomic E-state index is 11.5. The summed E-state index contributed by atoms with van der Waals surface area (Å²) in [5, 5.41) is 13.6. The Morgan fingerprint density at radius 2 is 2.21 bits per heavy atom. The number of rotatable bonds is 4. The molecule has 0 aliphatic heterocycles. The highest BCUT2D eigenvalue weighted by Gasteiger charge is 2.41. The number of aromatic nitrogens is 1. The zero-order chi connectivity index (χ0) is 13.9. The fourth-order valence-corrected chi connectivity index (χ4v) is 3.91. The monoisotopic (exact) mass is 283 g/mol. The Morgan fingerprint density at radius 1 is 1.53 bits per heavy atom. The van der Waals surface area contributed by atoms with Crippen molar-refractivity contribution in [2.75, 3.05) is 7.11 Å². The van der Waals surface area contributed by atoms with Crippen molar-refractivity contribution < 1.29 is 14.6 Å². The second-order valence-corrected chi connectivity index (χ2v) is 6.08. The van der Waals surface area contributed by atoms with Crippen LogP contribution in [-0.2, 0) is 15.1 Å². The molecule has 1 saturated carbocycles. The van der Waals surface area contributed by atoms with Crippen LogP contribution >= 0.6 is 11.3 Å². The molecule has 1 heterocycles. The van der Waals surface area contributed by atoms with Crippen LogP contribution in [0.25, 0.3) is 0 Å². The third-order valence-electron chi connectivity index (χ3n) is 4.28. The lowest BCUT2D eigenvalue weighted by Crippen LogP contribution is -2.38. The average Bonchev–Trinajstić information content (AvgIpc) is 3.00. The summed E-state index contributed by atoms with van der Waals surface area (Å²) in [5.74, 6) is 0.0657. The van der Waals surface area contributed by atoms with Gasteiger partial charge in [-0.2, -0.15) is 0 Å². The van der Waals surface area contributed by atoms with Crippen LogP contribution in [-0.4, -0.2) is 23.2 Å². The molecule has 1 aromatic heterocycles. The van der Waals surface area contributed by atoms with Crippen molar-refractivity contribution in [1.29, 1.82) is 0 Å². The van der Waals surface area contributed by atoms with Gasteiger partial charge >= 0.3 is 5.97 Å². The van der Waals surface area contributed by atoms with Crippen LogP contribution in [0.4, 0.5) is 0 Å². The Morgan fingerprint density at radius 3 is 2.68 bits per heavy atom. The van der Waals surface area contributed by atoms with Crippen LogP contribution in [0.1, 0.15) is 44.0 Å². The number of carbonyl (C=O) groups is 1. The normalized spacial score (nSPS) is 26.7. The van der Waals surface area contributed by atoms with Crippen LogP contribution in [0, 0.1) is 11.8 Å². The molecule has 0 amide bonds. The minimum Gasteiger partial charge on any atom is -0.469 e. The highest BCUT2D eigenvalue weighted by atomic mass is 32.1. The number of esters is 1. The van der Waals surface area contributed by atoms with Crippen molar-refractivity contribution in [3.8, 4) is 0 Å². The van der Waals surface area contributed by atoms with Gasteiger partial charge in [0.2, 0.25) is 0 Å². The summed E-state index contributed by atoms with van der Waals surface area (Å²) < 4.78 is 4.80. The molecular weight excluding hydrogens is 262 g/mol. The van der Waals surface area contributed by atoms with E-state index in [0.29, 0.717) is 6.42 Å². The first-order valence-corrected chi connectivity index (χ1v) is 7.70. The average molecular weight is 283 g/mol. The van der Waals surface area contributed by atoms with Gasteiger partial charge in [-0.15, -0.1) is 11.3 Å². The first-order valence-electron chi connectivity index (χ1n) is 6.82. The van der Waals surface area contributed by atoms with E-state index < -0.39 is 5.60 Å². The second kappa shape index (κ2) is 6.01. The number of aliphatic hydroxyl groups is 1. The van der Waals surface area contributed by atoms with Crippen LogP contribution in [0.5, 0.6) is 0 Å². The van der Waals surface area contributed by atoms with Crippen LogP contribution in [0.2, 0.25) is 0 Å². The highest BCUT2D eigenvalue weighted by molar-refractivity contribution is 7.09. The molecule has 4 nitrogen and oxygen atoms in total. The number of ether oxygens (including phenoxy) is 1. The first-order chi connectivity index (χ1) is 9.11. The molecule has 1 N–H and O–H groups in total. The Balaban J connectivity index is 2.05. The van der Waals surface area contributed by atoms with Crippen molar-refractivity contribution in [2.45, 2.75) is 44.6 Å². The molecule has 0 bridgehead atoms. The molecule has 5 heteroatoms. The largest absolute Gasteiger partial charge is 0.469 e. The molecule has 1 aromatic rings. The Bertz CT molecular complexity index is 412. The molecule has 0 saturated heterocycles. The minimum atomic E-state index is -0.838. The van der Waals surface area contributed by atoms with E-state index >= 15 is 0 Å². The first kappa shape index (κ1) is 14.5. The summed E-state index contributed by atoms with van der Waals surface area (Å²) in [6, 6.07) is 0. The van der Waals surface area contributed by atoms with Gasteiger partial charge in [0, 0.05) is 11.6 Å². The number of hydrogen-bond donors (Lipinski definition) is 1. The molecule has 1 aliphatic rings. The third kappa shape index (κ3) is 2.82. The van der Waals surface area contributed by atoms with E-state index in [1.165, 1.54) is 18.4 Å². The lowest BCUT2D eigenvalue weighted by molar-refractivity contribution is -0.148. The molecule has 1 atom stereocenters. The van der Waals surface area contributed by atoms with Crippen molar-refractivity contribution in [1.82, 2.24) is 4.98 Å². The quantitative estimate of drug-likeness (QED) is 0.863. The predicted molar refractivity (Wildman–Crippen MR) is 73.8 cm³/mol. The fraction of sp³-hybridized carbons (Fsp3) is 0.714. The van der Waals surface area contributed by atoms with Crippen LogP contribution in [0.15, 0.2) is 11.6 Å². The molecule has 1 aliphatic carbocycles. The van der Waals surface area contributed by atoms with Gasteiger partial charge in [-0.3, -0.25) is 4.79 Å². The molecule has 106 valence electrons. The molecule has 1 fully saturated rings. The molecule has 0 radical (unpaired) electrons. The predicted octanol–water partition coefficient (Wildman–Crippen LogP) is 2.72. The zero-order valence-corrected chi connectivity index (χ0v) is 12.3. The van der Waals surface area contributed by atoms with E-state index in [2.05, 4.69) is 4.98 Å². The van der Waals surface area contributed by atoms with Crippen molar-refractivity contribution >= 4 is 17.3 Å². The van der Waals surface area contributed by atoms with Crippen molar-refractivity contribution in [2.24, 2.45) is 11.8 Å². The smallest absolute Gasteiger partial charge is 0.308 e. The summed E-state index contributed by atoms with van der Waals surface area (Å²) in [7, 11) is 1.44. The van der Waals surface area contributed by atoms with E-state index in [-0.39, 0.29) is 17.8 Å². The van der Waals surface area contributed by atoms with Crippen molar-refractivity contribution in [3.05, 3.63) is 16.6 Å². The molecule has 0 spiro atoms. The van der Waals surface area contributed by atoms with Crippen molar-refractivity contribution in [3.63, 3.8) is 0 Å². The maximum atomic E-state index is 11.5. The minimum absolute atomic E-state index is 0.00125. The summed E-state index contributed by atoms with van der Waals surface area (Å²) in [4.78, 5) is 15.8. The summed E-state index contributed by atoms with van der Waals surface area (Å²) in [6.07, 6.45) is 5.69. The van der Waals surface area contributed by atoms with Gasteiger partial charge in [0.25, 0.3) is 0 Å². The molecular formula is C14H21NO3S. The molecule has 19 heavy (non-hydrogen) atoms. The highest BCUT2D eigenvalue weighted by Crippen LogP contribution is 2.43. The Labute approximate surface area is 117 Å². The number of thiazole rings is 1. The summed E-state index contributed by atoms with van der Waals surface area (Å²) in [5.41, 5.74) is -0.838. The van der Waals surface area contributed by atoms with E-state index in [1.807, 2.05) is 12.3 Å². The zero-order valence-electron chi connectivity index (χ0n) is 11.5. The molecule has 0 aromatic carbocycles. The number of hydrogen-bond acceptors (Lipinski definition) is 5. The topological polar surface area (TPSA) is 59.4 Å². The molecule has 1 unspecified atom stereocenters. The van der Waals surface area contributed by atoms with Gasteiger partial charge in [-0.1, -0.05) is 6.92 Å². The van der Waals surface area contributed by atoms with Gasteiger partial charge in [0.15, 0.2) is 0 Å². The fourth-order valence-electron chi connectivity index (χ4n) is 3.03. The number of nitrogens with zero attached hydrogens (tertiary/aromatic N) is 1. The standard InChI is InChI=1S/C14H21NO3S/c1-3-14(17,13-15-8-9-19-13)11-6-4-10(5-7-11)12(16)18-2/h8-11,17H,3-7H2,1-2H3. The number of methoxy groups -OCH3 is 1. The summed E-state index contributed by atoms with van der Waals surface area (Å²) >= 11 is 1.51. The van der Waals surface area contributed by atoms with Gasteiger partial charge in [-0.05, 0) is 38.0 Å². The summed E-state index contributed by atoms with van der Waals surface area (Å²) in [6.45, 7) is 1.99.